The fourth-order valence-electron chi connectivity index (χ4n) is 1.81. The van der Waals surface area contributed by atoms with Gasteiger partial charge >= 0.3 is 0 Å². The lowest BCUT2D eigenvalue weighted by Crippen LogP contribution is -2.17. The highest BCUT2D eigenvalue weighted by Crippen LogP contribution is 2.15. The van der Waals surface area contributed by atoms with Crippen LogP contribution in [0.2, 0.25) is 0 Å². The van der Waals surface area contributed by atoms with Gasteiger partial charge in [0.1, 0.15) is 0 Å². The van der Waals surface area contributed by atoms with E-state index in [1.165, 1.54) is 20.9 Å². The van der Waals surface area contributed by atoms with Gasteiger partial charge in [-0.15, -0.1) is 0 Å². The molecule has 0 fully saturated rings. The lowest BCUT2D eigenvalue weighted by molar-refractivity contribution is 0.145. The molecule has 0 spiro atoms. The molecule has 0 bridgehead atoms. The summed E-state index contributed by atoms with van der Waals surface area (Å²) in [5.74, 6) is 0. The van der Waals surface area contributed by atoms with Crippen LogP contribution in [0.25, 0.3) is 0 Å². The quantitative estimate of drug-likeness (QED) is 0.436. The van der Waals surface area contributed by atoms with E-state index in [1.807, 2.05) is 13.8 Å². The highest BCUT2D eigenvalue weighted by atomic mass is 32.2. The Morgan fingerprint density at radius 2 is 1.04 bits per heavy atom. The number of rotatable bonds is 10. The molecular formula is C20H30N2OS2. The molecule has 5 heteroatoms. The summed E-state index contributed by atoms with van der Waals surface area (Å²) in [5, 5.41) is 0. The number of ether oxygens (including phenoxy) is 1. The van der Waals surface area contributed by atoms with E-state index in [-0.39, 0.29) is 0 Å². The van der Waals surface area contributed by atoms with Crippen molar-refractivity contribution in [3.8, 4) is 0 Å². The maximum Gasteiger partial charge on any atom is 0.0601 e. The molecule has 3 nitrogen and oxygen atoms in total. The van der Waals surface area contributed by atoms with Crippen LogP contribution in [0.5, 0.6) is 0 Å². The van der Waals surface area contributed by atoms with Crippen molar-refractivity contribution in [2.75, 3.05) is 26.3 Å². The van der Waals surface area contributed by atoms with E-state index in [4.69, 9.17) is 4.74 Å². The van der Waals surface area contributed by atoms with Crippen molar-refractivity contribution in [1.82, 2.24) is 9.44 Å². The molecule has 2 aromatic rings. The van der Waals surface area contributed by atoms with Crippen molar-refractivity contribution < 1.29 is 4.74 Å². The van der Waals surface area contributed by atoms with Crippen LogP contribution in [-0.2, 0) is 4.74 Å². The predicted octanol–water partition coefficient (Wildman–Crippen LogP) is 5.24. The van der Waals surface area contributed by atoms with Gasteiger partial charge in [-0.2, -0.15) is 0 Å². The maximum absolute atomic E-state index is 5.60. The molecule has 2 aromatic carbocycles. The van der Waals surface area contributed by atoms with Crippen molar-refractivity contribution >= 4 is 23.9 Å². The monoisotopic (exact) mass is 378 g/mol. The first-order valence-electron chi connectivity index (χ1n) is 8.74. The molecule has 0 aliphatic rings. The molecule has 2 N–H and O–H groups in total. The summed E-state index contributed by atoms with van der Waals surface area (Å²) in [6, 6.07) is 17.0. The summed E-state index contributed by atoms with van der Waals surface area (Å²) in [7, 11) is 0. The third kappa shape index (κ3) is 10.6. The first-order valence-corrected chi connectivity index (χ1v) is 10.4. The van der Waals surface area contributed by atoms with E-state index >= 15 is 0 Å². The van der Waals surface area contributed by atoms with Crippen LogP contribution < -0.4 is 9.44 Å². The molecule has 0 aliphatic carbocycles. The molecule has 0 heterocycles. The van der Waals surface area contributed by atoms with Crippen molar-refractivity contribution in [3.63, 3.8) is 0 Å². The Kier molecular flexibility index (Phi) is 12.5. The van der Waals surface area contributed by atoms with Crippen LogP contribution in [-0.4, -0.2) is 26.3 Å². The Bertz CT molecular complexity index is 507. The minimum Gasteiger partial charge on any atom is -0.379 e. The molecule has 0 amide bonds. The fourth-order valence-corrected chi connectivity index (χ4v) is 3.06. The van der Waals surface area contributed by atoms with Crippen LogP contribution in [0, 0.1) is 13.8 Å². The lowest BCUT2D eigenvalue weighted by Gasteiger charge is -2.07. The molecule has 2 rings (SSSR count). The van der Waals surface area contributed by atoms with Gasteiger partial charge in [0.05, 0.1) is 13.2 Å². The van der Waals surface area contributed by atoms with Gasteiger partial charge in [-0.1, -0.05) is 49.2 Å². The zero-order chi connectivity index (χ0) is 18.3. The second-order valence-electron chi connectivity index (χ2n) is 5.23. The maximum atomic E-state index is 5.60. The third-order valence-electron chi connectivity index (χ3n) is 3.12. The van der Waals surface area contributed by atoms with Gasteiger partial charge in [-0.3, -0.25) is 9.44 Å². The van der Waals surface area contributed by atoms with Gasteiger partial charge in [0.2, 0.25) is 0 Å². The third-order valence-corrected chi connectivity index (χ3v) is 4.83. The van der Waals surface area contributed by atoms with Gasteiger partial charge in [-0.05, 0) is 62.0 Å². The molecule has 0 saturated heterocycles. The summed E-state index contributed by atoms with van der Waals surface area (Å²) in [6.07, 6.45) is 0. The van der Waals surface area contributed by atoms with E-state index in [9.17, 15) is 0 Å². The highest BCUT2D eigenvalue weighted by Gasteiger charge is 1.95. The number of aryl methyl sites for hydroxylation is 2. The fraction of sp³-hybridized carbons (Fsp3) is 0.400. The van der Waals surface area contributed by atoms with E-state index in [0.717, 1.165) is 26.3 Å². The van der Waals surface area contributed by atoms with Gasteiger partial charge in [0, 0.05) is 22.9 Å². The molecule has 0 aliphatic heterocycles. The Balaban J connectivity index is 0.00000151. The topological polar surface area (TPSA) is 33.3 Å². The Morgan fingerprint density at radius 3 is 1.40 bits per heavy atom. The Labute approximate surface area is 161 Å². The van der Waals surface area contributed by atoms with E-state index in [1.54, 1.807) is 23.9 Å². The summed E-state index contributed by atoms with van der Waals surface area (Å²) in [5.41, 5.74) is 2.57. The molecule has 0 radical (unpaired) electrons. The van der Waals surface area contributed by atoms with E-state index in [2.05, 4.69) is 71.8 Å². The zero-order valence-electron chi connectivity index (χ0n) is 15.7. The largest absolute Gasteiger partial charge is 0.379 e. The molecule has 0 unspecified atom stereocenters. The van der Waals surface area contributed by atoms with Crippen LogP contribution in [0.3, 0.4) is 0 Å². The SMILES string of the molecule is CC.Cc1ccc(SNCCOCCNSc2ccc(C)cc2)cc1. The Hall–Kier alpha value is -0.980. The van der Waals surface area contributed by atoms with Crippen LogP contribution in [0.4, 0.5) is 0 Å². The smallest absolute Gasteiger partial charge is 0.0601 e. The molecular weight excluding hydrogens is 348 g/mol. The lowest BCUT2D eigenvalue weighted by atomic mass is 10.2. The molecule has 25 heavy (non-hydrogen) atoms. The second kappa shape index (κ2) is 14.2. The summed E-state index contributed by atoms with van der Waals surface area (Å²) < 4.78 is 12.2. The summed E-state index contributed by atoms with van der Waals surface area (Å²) in [6.45, 7) is 11.3. The molecule has 0 saturated carbocycles. The number of hydrogen-bond donors (Lipinski definition) is 2. The van der Waals surface area contributed by atoms with Gasteiger partial charge in [0.25, 0.3) is 0 Å². The molecule has 0 aromatic heterocycles. The highest BCUT2D eigenvalue weighted by molar-refractivity contribution is 7.97. The van der Waals surface area contributed by atoms with Crippen molar-refractivity contribution in [1.29, 1.82) is 0 Å². The summed E-state index contributed by atoms with van der Waals surface area (Å²) in [4.78, 5) is 2.46. The van der Waals surface area contributed by atoms with Crippen LogP contribution in [0.1, 0.15) is 25.0 Å². The van der Waals surface area contributed by atoms with Crippen LogP contribution >= 0.6 is 23.9 Å². The van der Waals surface area contributed by atoms with Gasteiger partial charge < -0.3 is 4.74 Å². The zero-order valence-corrected chi connectivity index (χ0v) is 17.3. The standard InChI is InChI=1S/C18H24N2OS2.C2H6/c1-15-3-7-17(8-4-15)22-19-11-13-21-14-12-20-23-18-9-5-16(2)6-10-18;1-2/h3-10,19-20H,11-14H2,1-2H3;1-2H3. The van der Waals surface area contributed by atoms with Gasteiger partial charge in [0.15, 0.2) is 0 Å². The number of nitrogens with one attached hydrogen (secondary N) is 2. The first-order chi connectivity index (χ1) is 12.2. The molecule has 0 atom stereocenters. The molecule has 138 valence electrons. The number of hydrogen-bond acceptors (Lipinski definition) is 5. The van der Waals surface area contributed by atoms with Crippen molar-refractivity contribution in [2.24, 2.45) is 0 Å². The normalized spacial score (nSPS) is 10.2. The predicted molar refractivity (Wildman–Crippen MR) is 112 cm³/mol. The second-order valence-corrected chi connectivity index (χ2v) is 7.16. The first kappa shape index (κ1) is 22.1. The van der Waals surface area contributed by atoms with E-state index < -0.39 is 0 Å². The average molecular weight is 379 g/mol. The van der Waals surface area contributed by atoms with E-state index in [0.29, 0.717) is 0 Å². The average Bonchev–Trinajstić information content (AvgIpc) is 2.65. The summed E-state index contributed by atoms with van der Waals surface area (Å²) >= 11 is 3.29. The van der Waals surface area contributed by atoms with Crippen molar-refractivity contribution in [3.05, 3.63) is 59.7 Å². The Morgan fingerprint density at radius 1 is 0.680 bits per heavy atom. The van der Waals surface area contributed by atoms with Gasteiger partial charge in [-0.25, -0.2) is 0 Å². The minimum atomic E-state index is 0.718. The van der Waals surface area contributed by atoms with Crippen LogP contribution in [0.15, 0.2) is 58.3 Å². The number of benzene rings is 2. The van der Waals surface area contributed by atoms with Crippen molar-refractivity contribution in [2.45, 2.75) is 37.5 Å². The minimum absolute atomic E-state index is 0.718.